The molecule has 0 aliphatic carbocycles. The van der Waals surface area contributed by atoms with Crippen LogP contribution < -0.4 is 0 Å². The van der Waals surface area contributed by atoms with Crippen LogP contribution in [0.25, 0.3) is 0 Å². The molecule has 0 atom stereocenters. The lowest BCUT2D eigenvalue weighted by atomic mass is 10.1. The van der Waals surface area contributed by atoms with Crippen LogP contribution in [0.2, 0.25) is 0 Å². The van der Waals surface area contributed by atoms with E-state index in [1.807, 2.05) is 13.1 Å². The molecule has 1 heterocycles. The van der Waals surface area contributed by atoms with Crippen molar-refractivity contribution in [2.45, 2.75) is 33.2 Å². The van der Waals surface area contributed by atoms with Crippen LogP contribution in [0.4, 0.5) is 0 Å². The van der Waals surface area contributed by atoms with Gasteiger partial charge in [-0.25, -0.2) is 0 Å². The van der Waals surface area contributed by atoms with E-state index in [9.17, 15) is 0 Å². The highest BCUT2D eigenvalue weighted by molar-refractivity contribution is 5.18. The molecule has 0 aliphatic heterocycles. The highest BCUT2D eigenvalue weighted by Gasteiger charge is 2.07. The maximum atomic E-state index is 8.70. The minimum atomic E-state index is 0.151. The molecule has 0 aromatic carbocycles. The fourth-order valence-corrected chi connectivity index (χ4v) is 1.32. The van der Waals surface area contributed by atoms with Gasteiger partial charge in [0.05, 0.1) is 18.8 Å². The van der Waals surface area contributed by atoms with Gasteiger partial charge in [0, 0.05) is 6.20 Å². The largest absolute Gasteiger partial charge is 0.394 e. The molecule has 0 saturated heterocycles. The van der Waals surface area contributed by atoms with Crippen LogP contribution in [0.15, 0.2) is 6.20 Å². The van der Waals surface area contributed by atoms with Crippen molar-refractivity contribution in [2.75, 3.05) is 6.61 Å². The minimum Gasteiger partial charge on any atom is -0.394 e. The molecule has 0 spiro atoms. The SMILES string of the molecule is Cc1nn(CCO)cc1C(C)C. The molecule has 1 aromatic heterocycles. The van der Waals surface area contributed by atoms with E-state index in [4.69, 9.17) is 5.11 Å². The molecule has 3 heteroatoms. The van der Waals surface area contributed by atoms with Gasteiger partial charge in [0.25, 0.3) is 0 Å². The number of hydrogen-bond acceptors (Lipinski definition) is 2. The quantitative estimate of drug-likeness (QED) is 0.739. The van der Waals surface area contributed by atoms with Crippen LogP contribution in [0.1, 0.15) is 31.0 Å². The van der Waals surface area contributed by atoms with Gasteiger partial charge in [-0.15, -0.1) is 0 Å². The van der Waals surface area contributed by atoms with Gasteiger partial charge in [0.2, 0.25) is 0 Å². The average Bonchev–Trinajstić information content (AvgIpc) is 2.32. The molecule has 0 amide bonds. The van der Waals surface area contributed by atoms with Crippen molar-refractivity contribution in [3.63, 3.8) is 0 Å². The Morgan fingerprint density at radius 1 is 1.58 bits per heavy atom. The predicted octanol–water partition coefficient (Wildman–Crippen LogP) is 1.31. The molecule has 12 heavy (non-hydrogen) atoms. The van der Waals surface area contributed by atoms with Crippen LogP contribution in [-0.2, 0) is 6.54 Å². The van der Waals surface area contributed by atoms with Crippen LogP contribution in [-0.4, -0.2) is 21.5 Å². The van der Waals surface area contributed by atoms with Gasteiger partial charge in [-0.1, -0.05) is 13.8 Å². The van der Waals surface area contributed by atoms with Crippen molar-refractivity contribution >= 4 is 0 Å². The predicted molar refractivity (Wildman–Crippen MR) is 48.1 cm³/mol. The summed E-state index contributed by atoms with van der Waals surface area (Å²) in [6.45, 7) is 7.04. The molecule has 1 aromatic rings. The first kappa shape index (κ1) is 9.26. The summed E-state index contributed by atoms with van der Waals surface area (Å²) >= 11 is 0. The topological polar surface area (TPSA) is 38.0 Å². The summed E-state index contributed by atoms with van der Waals surface area (Å²) in [7, 11) is 0. The van der Waals surface area contributed by atoms with E-state index in [-0.39, 0.29) is 6.61 Å². The monoisotopic (exact) mass is 168 g/mol. The summed E-state index contributed by atoms with van der Waals surface area (Å²) < 4.78 is 1.80. The van der Waals surface area contributed by atoms with Crippen molar-refractivity contribution in [3.8, 4) is 0 Å². The Kier molecular flexibility index (Phi) is 2.87. The van der Waals surface area contributed by atoms with Gasteiger partial charge >= 0.3 is 0 Å². The standard InChI is InChI=1S/C9H16N2O/c1-7(2)9-6-11(4-5-12)10-8(9)3/h6-7,12H,4-5H2,1-3H3. The summed E-state index contributed by atoms with van der Waals surface area (Å²) in [6.07, 6.45) is 2.01. The van der Waals surface area contributed by atoms with E-state index in [2.05, 4.69) is 18.9 Å². The van der Waals surface area contributed by atoms with E-state index in [0.717, 1.165) is 5.69 Å². The smallest absolute Gasteiger partial charge is 0.0641 e. The normalized spacial score (nSPS) is 11.1. The fraction of sp³-hybridized carbons (Fsp3) is 0.667. The Bertz CT molecular complexity index is 253. The highest BCUT2D eigenvalue weighted by atomic mass is 16.3. The Morgan fingerprint density at radius 3 is 2.67 bits per heavy atom. The van der Waals surface area contributed by atoms with E-state index < -0.39 is 0 Å². The van der Waals surface area contributed by atoms with Crippen LogP contribution in [0.3, 0.4) is 0 Å². The van der Waals surface area contributed by atoms with Crippen molar-refractivity contribution in [3.05, 3.63) is 17.5 Å². The zero-order valence-corrected chi connectivity index (χ0v) is 7.91. The van der Waals surface area contributed by atoms with Crippen molar-refractivity contribution in [1.82, 2.24) is 9.78 Å². The van der Waals surface area contributed by atoms with Gasteiger partial charge in [-0.05, 0) is 18.4 Å². The van der Waals surface area contributed by atoms with E-state index >= 15 is 0 Å². The van der Waals surface area contributed by atoms with E-state index in [0.29, 0.717) is 12.5 Å². The molecule has 0 aliphatic rings. The Balaban J connectivity index is 2.85. The van der Waals surface area contributed by atoms with Gasteiger partial charge in [0.15, 0.2) is 0 Å². The number of aromatic nitrogens is 2. The molecule has 1 N–H and O–H groups in total. The maximum absolute atomic E-state index is 8.70. The van der Waals surface area contributed by atoms with Gasteiger partial charge in [0.1, 0.15) is 0 Å². The first-order valence-electron chi connectivity index (χ1n) is 4.30. The molecule has 1 rings (SSSR count). The molecular weight excluding hydrogens is 152 g/mol. The van der Waals surface area contributed by atoms with Crippen molar-refractivity contribution in [2.24, 2.45) is 0 Å². The number of aliphatic hydroxyl groups is 1. The van der Waals surface area contributed by atoms with Crippen LogP contribution in [0.5, 0.6) is 0 Å². The summed E-state index contributed by atoms with van der Waals surface area (Å²) in [5, 5.41) is 13.0. The summed E-state index contributed by atoms with van der Waals surface area (Å²) in [5.74, 6) is 0.512. The van der Waals surface area contributed by atoms with Crippen LogP contribution >= 0.6 is 0 Å². The molecule has 68 valence electrons. The third-order valence-corrected chi connectivity index (χ3v) is 1.94. The van der Waals surface area contributed by atoms with E-state index in [1.54, 1.807) is 4.68 Å². The van der Waals surface area contributed by atoms with Crippen LogP contribution in [0, 0.1) is 6.92 Å². The maximum Gasteiger partial charge on any atom is 0.0641 e. The number of hydrogen-bond donors (Lipinski definition) is 1. The van der Waals surface area contributed by atoms with Crippen molar-refractivity contribution in [1.29, 1.82) is 0 Å². The zero-order valence-electron chi connectivity index (χ0n) is 7.91. The Hall–Kier alpha value is -0.830. The Morgan fingerprint density at radius 2 is 2.25 bits per heavy atom. The lowest BCUT2D eigenvalue weighted by molar-refractivity contribution is 0.269. The molecule has 3 nitrogen and oxygen atoms in total. The number of nitrogens with zero attached hydrogens (tertiary/aromatic N) is 2. The first-order chi connectivity index (χ1) is 5.65. The lowest BCUT2D eigenvalue weighted by Gasteiger charge is -1.99. The fourth-order valence-electron chi connectivity index (χ4n) is 1.32. The van der Waals surface area contributed by atoms with Gasteiger partial charge in [-0.3, -0.25) is 4.68 Å². The summed E-state index contributed by atoms with van der Waals surface area (Å²) in [6, 6.07) is 0. The molecule has 0 bridgehead atoms. The Labute approximate surface area is 73.0 Å². The van der Waals surface area contributed by atoms with E-state index in [1.165, 1.54) is 5.56 Å². The number of aryl methyl sites for hydroxylation is 1. The summed E-state index contributed by atoms with van der Waals surface area (Å²) in [4.78, 5) is 0. The third kappa shape index (κ3) is 1.85. The van der Waals surface area contributed by atoms with Crippen molar-refractivity contribution < 1.29 is 5.11 Å². The molecule has 0 unspecified atom stereocenters. The second-order valence-corrected chi connectivity index (χ2v) is 3.31. The average molecular weight is 168 g/mol. The molecule has 0 saturated carbocycles. The molecular formula is C9H16N2O. The second-order valence-electron chi connectivity index (χ2n) is 3.31. The van der Waals surface area contributed by atoms with Gasteiger partial charge < -0.3 is 5.11 Å². The second kappa shape index (κ2) is 3.72. The highest BCUT2D eigenvalue weighted by Crippen LogP contribution is 2.16. The zero-order chi connectivity index (χ0) is 9.14. The molecule has 0 fully saturated rings. The number of rotatable bonds is 3. The minimum absolute atomic E-state index is 0.151. The third-order valence-electron chi connectivity index (χ3n) is 1.94. The van der Waals surface area contributed by atoms with Gasteiger partial charge in [-0.2, -0.15) is 5.10 Å². The molecule has 0 radical (unpaired) electrons. The summed E-state index contributed by atoms with van der Waals surface area (Å²) in [5.41, 5.74) is 2.34. The number of aliphatic hydroxyl groups excluding tert-OH is 1. The lowest BCUT2D eigenvalue weighted by Crippen LogP contribution is -2.02. The first-order valence-corrected chi connectivity index (χ1v) is 4.30.